The van der Waals surface area contributed by atoms with E-state index in [1.807, 2.05) is 37.4 Å². The number of hydrogen-bond acceptors (Lipinski definition) is 3. The lowest BCUT2D eigenvalue weighted by Gasteiger charge is -2.24. The molecule has 27 heavy (non-hydrogen) atoms. The lowest BCUT2D eigenvalue weighted by molar-refractivity contribution is 0.242. The number of guanidine groups is 1. The van der Waals surface area contributed by atoms with Gasteiger partial charge >= 0.3 is 0 Å². The van der Waals surface area contributed by atoms with E-state index < -0.39 is 0 Å². The van der Waals surface area contributed by atoms with Gasteiger partial charge in [-0.25, -0.2) is 0 Å². The van der Waals surface area contributed by atoms with Gasteiger partial charge in [0.1, 0.15) is 5.75 Å². The number of nitrogens with one attached hydrogen (secondary N) is 2. The van der Waals surface area contributed by atoms with Crippen molar-refractivity contribution in [1.29, 1.82) is 0 Å². The molecule has 1 aromatic rings. The van der Waals surface area contributed by atoms with Crippen molar-refractivity contribution in [3.63, 3.8) is 0 Å². The Morgan fingerprint density at radius 3 is 2.67 bits per heavy atom. The summed E-state index contributed by atoms with van der Waals surface area (Å²) in [5, 5.41) is 7.05. The molecule has 152 valence electrons. The molecule has 0 amide bonds. The molecule has 0 bridgehead atoms. The van der Waals surface area contributed by atoms with Crippen LogP contribution in [-0.2, 0) is 0 Å². The lowest BCUT2D eigenvalue weighted by atomic mass is 10.2. The molecule has 1 aliphatic carbocycles. The molecule has 1 saturated heterocycles. The topological polar surface area (TPSA) is 48.9 Å². The highest BCUT2D eigenvalue weighted by Gasteiger charge is 2.30. The Bertz CT molecular complexity index is 548. The first kappa shape index (κ1) is 22.3. The van der Waals surface area contributed by atoms with Gasteiger partial charge in [0, 0.05) is 38.8 Å². The number of ether oxygens (including phenoxy) is 1. The van der Waals surface area contributed by atoms with E-state index in [1.54, 1.807) is 0 Å². The zero-order valence-electron chi connectivity index (χ0n) is 16.5. The second-order valence-corrected chi connectivity index (χ2v) is 7.43. The number of rotatable bonds is 8. The van der Waals surface area contributed by atoms with Crippen LogP contribution in [0.25, 0.3) is 0 Å². The Morgan fingerprint density at radius 2 is 1.93 bits per heavy atom. The normalized spacial score (nSPS) is 21.1. The molecule has 5 nitrogen and oxygen atoms in total. The fraction of sp³-hybridized carbons (Fsp3) is 0.667. The molecular formula is C21H35IN4O. The SMILES string of the molecule is CN=C(NCCCCOc1ccccc1)NC1CCN(C2CCCC2)C1.I. The Balaban J connectivity index is 0.00000261. The number of nitrogens with zero attached hydrogens (tertiary/aromatic N) is 2. The fourth-order valence-electron chi connectivity index (χ4n) is 4.03. The minimum Gasteiger partial charge on any atom is -0.494 e. The van der Waals surface area contributed by atoms with Crippen molar-refractivity contribution in [2.45, 2.75) is 57.0 Å². The van der Waals surface area contributed by atoms with E-state index in [0.717, 1.165) is 50.3 Å². The minimum atomic E-state index is 0. The van der Waals surface area contributed by atoms with Crippen LogP contribution in [0.2, 0.25) is 0 Å². The summed E-state index contributed by atoms with van der Waals surface area (Å²) in [7, 11) is 1.86. The molecule has 2 N–H and O–H groups in total. The number of benzene rings is 1. The molecule has 1 saturated carbocycles. The molecule has 1 atom stereocenters. The molecule has 6 heteroatoms. The molecule has 1 aliphatic heterocycles. The van der Waals surface area contributed by atoms with Crippen molar-refractivity contribution in [2.24, 2.45) is 4.99 Å². The summed E-state index contributed by atoms with van der Waals surface area (Å²) in [6.45, 7) is 4.08. The number of unbranched alkanes of at least 4 members (excludes halogenated alkanes) is 1. The predicted molar refractivity (Wildman–Crippen MR) is 123 cm³/mol. The van der Waals surface area contributed by atoms with Gasteiger partial charge < -0.3 is 15.4 Å². The first-order valence-corrected chi connectivity index (χ1v) is 10.2. The Kier molecular flexibility index (Phi) is 10.3. The summed E-state index contributed by atoms with van der Waals surface area (Å²) >= 11 is 0. The zero-order chi connectivity index (χ0) is 18.0. The fourth-order valence-corrected chi connectivity index (χ4v) is 4.03. The maximum atomic E-state index is 5.73. The Hall–Kier alpha value is -1.02. The number of likely N-dealkylation sites (tertiary alicyclic amines) is 1. The third kappa shape index (κ3) is 7.49. The summed E-state index contributed by atoms with van der Waals surface area (Å²) in [5.41, 5.74) is 0. The van der Waals surface area contributed by atoms with Crippen LogP contribution in [-0.4, -0.2) is 56.2 Å². The standard InChI is InChI=1S/C21H34N4O.HI/c1-22-21(23-14-7-8-16-26-20-11-3-2-4-12-20)24-18-13-15-25(17-18)19-9-5-6-10-19;/h2-4,11-12,18-19H,5-10,13-17H2,1H3,(H2,22,23,24);1H. The minimum absolute atomic E-state index is 0. The van der Waals surface area contributed by atoms with Crippen molar-refractivity contribution in [3.8, 4) is 5.75 Å². The summed E-state index contributed by atoms with van der Waals surface area (Å²) in [6, 6.07) is 11.4. The maximum absolute atomic E-state index is 5.73. The van der Waals surface area contributed by atoms with Gasteiger partial charge in [-0.05, 0) is 44.2 Å². The van der Waals surface area contributed by atoms with Crippen molar-refractivity contribution in [1.82, 2.24) is 15.5 Å². The number of para-hydroxylation sites is 1. The van der Waals surface area contributed by atoms with Gasteiger partial charge in [-0.2, -0.15) is 0 Å². The van der Waals surface area contributed by atoms with Crippen LogP contribution < -0.4 is 15.4 Å². The van der Waals surface area contributed by atoms with Gasteiger partial charge in [0.05, 0.1) is 6.61 Å². The molecule has 2 fully saturated rings. The first-order valence-electron chi connectivity index (χ1n) is 10.2. The summed E-state index contributed by atoms with van der Waals surface area (Å²) in [4.78, 5) is 7.06. The van der Waals surface area contributed by atoms with Crippen molar-refractivity contribution in [2.75, 3.05) is 33.3 Å². The third-order valence-corrected chi connectivity index (χ3v) is 5.50. The second-order valence-electron chi connectivity index (χ2n) is 7.43. The smallest absolute Gasteiger partial charge is 0.191 e. The van der Waals surface area contributed by atoms with Gasteiger partial charge in [-0.3, -0.25) is 9.89 Å². The van der Waals surface area contributed by atoms with Gasteiger partial charge in [-0.1, -0.05) is 31.0 Å². The molecular weight excluding hydrogens is 451 g/mol. The van der Waals surface area contributed by atoms with Crippen LogP contribution in [0.4, 0.5) is 0 Å². The predicted octanol–water partition coefficient (Wildman–Crippen LogP) is 3.65. The number of halogens is 1. The Morgan fingerprint density at radius 1 is 1.15 bits per heavy atom. The monoisotopic (exact) mass is 486 g/mol. The zero-order valence-corrected chi connectivity index (χ0v) is 18.9. The first-order chi connectivity index (χ1) is 12.8. The second kappa shape index (κ2) is 12.4. The van der Waals surface area contributed by atoms with Crippen molar-refractivity contribution in [3.05, 3.63) is 30.3 Å². The maximum Gasteiger partial charge on any atom is 0.191 e. The van der Waals surface area contributed by atoms with Gasteiger partial charge in [0.25, 0.3) is 0 Å². The van der Waals surface area contributed by atoms with Gasteiger partial charge in [-0.15, -0.1) is 24.0 Å². The Labute approximate surface area is 181 Å². The van der Waals surface area contributed by atoms with Crippen LogP contribution in [0.3, 0.4) is 0 Å². The molecule has 0 aromatic heterocycles. The summed E-state index contributed by atoms with van der Waals surface area (Å²) in [6.07, 6.45) is 8.95. The molecule has 2 aliphatic rings. The summed E-state index contributed by atoms with van der Waals surface area (Å²) < 4.78 is 5.73. The average molecular weight is 486 g/mol. The molecule has 1 unspecified atom stereocenters. The number of hydrogen-bond donors (Lipinski definition) is 2. The van der Waals surface area contributed by atoms with E-state index in [1.165, 1.54) is 38.6 Å². The molecule has 0 spiro atoms. The van der Waals surface area contributed by atoms with Crippen LogP contribution in [0.1, 0.15) is 44.9 Å². The van der Waals surface area contributed by atoms with Gasteiger partial charge in [0.2, 0.25) is 0 Å². The van der Waals surface area contributed by atoms with Crippen LogP contribution in [0.5, 0.6) is 5.75 Å². The highest BCUT2D eigenvalue weighted by molar-refractivity contribution is 14.0. The van der Waals surface area contributed by atoms with E-state index >= 15 is 0 Å². The quantitative estimate of drug-likeness (QED) is 0.255. The van der Waals surface area contributed by atoms with Crippen LogP contribution >= 0.6 is 24.0 Å². The number of aliphatic imine (C=N–C) groups is 1. The van der Waals surface area contributed by atoms with E-state index in [0.29, 0.717) is 6.04 Å². The molecule has 1 aromatic carbocycles. The molecule has 3 rings (SSSR count). The van der Waals surface area contributed by atoms with Gasteiger partial charge in [0.15, 0.2) is 5.96 Å². The van der Waals surface area contributed by atoms with Crippen molar-refractivity contribution < 1.29 is 4.74 Å². The highest BCUT2D eigenvalue weighted by Crippen LogP contribution is 2.26. The molecule has 1 heterocycles. The van der Waals surface area contributed by atoms with Crippen LogP contribution in [0, 0.1) is 0 Å². The van der Waals surface area contributed by atoms with E-state index in [2.05, 4.69) is 20.5 Å². The summed E-state index contributed by atoms with van der Waals surface area (Å²) in [5.74, 6) is 1.89. The largest absolute Gasteiger partial charge is 0.494 e. The van der Waals surface area contributed by atoms with Crippen LogP contribution in [0.15, 0.2) is 35.3 Å². The van der Waals surface area contributed by atoms with E-state index in [9.17, 15) is 0 Å². The average Bonchev–Trinajstić information content (AvgIpc) is 3.36. The van der Waals surface area contributed by atoms with Crippen molar-refractivity contribution >= 4 is 29.9 Å². The lowest BCUT2D eigenvalue weighted by Crippen LogP contribution is -2.45. The van der Waals surface area contributed by atoms with E-state index in [4.69, 9.17) is 4.74 Å². The third-order valence-electron chi connectivity index (χ3n) is 5.50. The molecule has 0 radical (unpaired) electrons. The van der Waals surface area contributed by atoms with E-state index in [-0.39, 0.29) is 24.0 Å². The highest BCUT2D eigenvalue weighted by atomic mass is 127.